The van der Waals surface area contributed by atoms with Gasteiger partial charge in [-0.3, -0.25) is 0 Å². The van der Waals surface area contributed by atoms with Gasteiger partial charge in [-0.25, -0.2) is 9.21 Å². The second kappa shape index (κ2) is 4.21. The molecule has 0 aliphatic carbocycles. The number of fused-ring (bicyclic) bond motifs is 1. The average Bonchev–Trinajstić information content (AvgIpc) is 2.27. The molecule has 0 bridgehead atoms. The Labute approximate surface area is 93.7 Å². The second-order valence-electron chi connectivity index (χ2n) is 3.53. The van der Waals surface area contributed by atoms with Gasteiger partial charge in [-0.2, -0.15) is 0 Å². The van der Waals surface area contributed by atoms with E-state index in [4.69, 9.17) is 16.5 Å². The smallest absolute Gasteiger partial charge is 0.338 e. The number of carbonyl (C=O) groups is 1. The van der Waals surface area contributed by atoms with E-state index < -0.39 is 0 Å². The molecular formula is C11H12ClNO2. The van der Waals surface area contributed by atoms with Gasteiger partial charge in [0.15, 0.2) is 0 Å². The maximum atomic E-state index is 11.5. The molecule has 2 rings (SSSR count). The lowest BCUT2D eigenvalue weighted by Gasteiger charge is -2.24. The van der Waals surface area contributed by atoms with E-state index in [0.29, 0.717) is 12.1 Å². The Morgan fingerprint density at radius 3 is 3.07 bits per heavy atom. The van der Waals surface area contributed by atoms with Crippen LogP contribution in [0.5, 0.6) is 0 Å². The predicted octanol–water partition coefficient (Wildman–Crippen LogP) is 1.99. The molecule has 1 aliphatic heterocycles. The van der Waals surface area contributed by atoms with Crippen molar-refractivity contribution >= 4 is 17.7 Å². The quantitative estimate of drug-likeness (QED) is 0.541. The number of nitrogens with zero attached hydrogens (tertiary/aromatic N) is 1. The number of benzene rings is 1. The van der Waals surface area contributed by atoms with Crippen molar-refractivity contribution in [2.75, 3.05) is 13.7 Å². The number of hydrogen-bond donors (Lipinski definition) is 0. The molecule has 1 aliphatic rings. The van der Waals surface area contributed by atoms with Crippen molar-refractivity contribution < 1.29 is 9.53 Å². The van der Waals surface area contributed by atoms with Gasteiger partial charge in [0.1, 0.15) is 0 Å². The molecule has 0 saturated heterocycles. The third-order valence-corrected chi connectivity index (χ3v) is 2.92. The van der Waals surface area contributed by atoms with Gasteiger partial charge in [0.2, 0.25) is 0 Å². The summed E-state index contributed by atoms with van der Waals surface area (Å²) in [5.74, 6) is -0.293. The Bertz CT molecular complexity index is 392. The van der Waals surface area contributed by atoms with Gasteiger partial charge in [0.05, 0.1) is 12.7 Å². The highest BCUT2D eigenvalue weighted by Gasteiger charge is 2.20. The number of methoxy groups -OCH3 is 1. The molecule has 1 aromatic rings. The van der Waals surface area contributed by atoms with Gasteiger partial charge in [-0.15, -0.1) is 0 Å². The van der Waals surface area contributed by atoms with Gasteiger partial charge < -0.3 is 4.74 Å². The minimum Gasteiger partial charge on any atom is -0.465 e. The third kappa shape index (κ3) is 1.98. The van der Waals surface area contributed by atoms with Crippen molar-refractivity contribution in [2.45, 2.75) is 13.0 Å². The van der Waals surface area contributed by atoms with E-state index >= 15 is 0 Å². The van der Waals surface area contributed by atoms with Gasteiger partial charge >= 0.3 is 5.97 Å². The molecule has 0 aromatic heterocycles. The summed E-state index contributed by atoms with van der Waals surface area (Å²) < 4.78 is 6.43. The standard InChI is InChI=1S/C11H12ClNO2/c1-15-11(14)9-4-2-3-8-5-6-13(12)7-10(8)9/h2-4H,5-7H2,1H3. The van der Waals surface area contributed by atoms with E-state index in [1.54, 1.807) is 10.5 Å². The molecule has 0 unspecified atom stereocenters. The number of rotatable bonds is 1. The molecule has 1 heterocycles. The molecule has 3 nitrogen and oxygen atoms in total. The number of esters is 1. The normalized spacial score (nSPS) is 15.9. The number of hydrogen-bond acceptors (Lipinski definition) is 3. The Morgan fingerprint density at radius 2 is 2.33 bits per heavy atom. The molecule has 80 valence electrons. The fourth-order valence-electron chi connectivity index (χ4n) is 1.85. The van der Waals surface area contributed by atoms with Gasteiger partial charge in [0, 0.05) is 13.1 Å². The second-order valence-corrected chi connectivity index (χ2v) is 4.01. The van der Waals surface area contributed by atoms with E-state index in [1.807, 2.05) is 12.1 Å². The Kier molecular flexibility index (Phi) is 2.93. The summed E-state index contributed by atoms with van der Waals surface area (Å²) in [6.07, 6.45) is 0.879. The van der Waals surface area contributed by atoms with Gasteiger partial charge in [-0.1, -0.05) is 12.1 Å². The summed E-state index contributed by atoms with van der Waals surface area (Å²) in [7, 11) is 1.39. The van der Waals surface area contributed by atoms with E-state index in [0.717, 1.165) is 18.5 Å². The van der Waals surface area contributed by atoms with Gasteiger partial charge in [-0.05, 0) is 35.4 Å². The van der Waals surface area contributed by atoms with Crippen LogP contribution in [0.2, 0.25) is 0 Å². The summed E-state index contributed by atoms with van der Waals surface area (Å²) in [6, 6.07) is 5.70. The maximum Gasteiger partial charge on any atom is 0.338 e. The highest BCUT2D eigenvalue weighted by molar-refractivity contribution is 6.13. The van der Waals surface area contributed by atoms with Crippen LogP contribution in [0.4, 0.5) is 0 Å². The largest absolute Gasteiger partial charge is 0.465 e. The van der Waals surface area contributed by atoms with Crippen LogP contribution < -0.4 is 0 Å². The lowest BCUT2D eigenvalue weighted by molar-refractivity contribution is 0.0598. The SMILES string of the molecule is COC(=O)c1cccc2c1CN(Cl)CC2. The predicted molar refractivity (Wildman–Crippen MR) is 57.7 cm³/mol. The molecule has 15 heavy (non-hydrogen) atoms. The average molecular weight is 226 g/mol. The molecule has 0 saturated carbocycles. The summed E-state index contributed by atoms with van der Waals surface area (Å²) >= 11 is 5.95. The first kappa shape index (κ1) is 10.5. The zero-order valence-corrected chi connectivity index (χ0v) is 9.25. The minimum absolute atomic E-state index is 0.293. The molecule has 1 aromatic carbocycles. The van der Waals surface area contributed by atoms with Crippen molar-refractivity contribution in [1.29, 1.82) is 0 Å². The van der Waals surface area contributed by atoms with Crippen LogP contribution in [-0.4, -0.2) is 24.0 Å². The Hall–Kier alpha value is -1.06. The summed E-state index contributed by atoms with van der Waals surface area (Å²) in [5.41, 5.74) is 2.81. The van der Waals surface area contributed by atoms with Crippen LogP contribution in [0.3, 0.4) is 0 Å². The van der Waals surface area contributed by atoms with Crippen LogP contribution in [0.1, 0.15) is 21.5 Å². The van der Waals surface area contributed by atoms with E-state index in [2.05, 4.69) is 0 Å². The van der Waals surface area contributed by atoms with Crippen molar-refractivity contribution in [1.82, 2.24) is 4.42 Å². The molecule has 0 atom stereocenters. The lowest BCUT2D eigenvalue weighted by Crippen LogP contribution is -2.24. The van der Waals surface area contributed by atoms with Gasteiger partial charge in [0.25, 0.3) is 0 Å². The molecule has 0 fully saturated rings. The Balaban J connectivity index is 2.44. The monoisotopic (exact) mass is 225 g/mol. The van der Waals surface area contributed by atoms with Crippen LogP contribution in [-0.2, 0) is 17.7 Å². The van der Waals surface area contributed by atoms with Crippen molar-refractivity contribution in [3.63, 3.8) is 0 Å². The Morgan fingerprint density at radius 1 is 1.53 bits per heavy atom. The molecule has 4 heteroatoms. The maximum absolute atomic E-state index is 11.5. The van der Waals surface area contributed by atoms with E-state index in [1.165, 1.54) is 12.7 Å². The van der Waals surface area contributed by atoms with E-state index in [-0.39, 0.29) is 5.97 Å². The molecular weight excluding hydrogens is 214 g/mol. The summed E-state index contributed by atoms with van der Waals surface area (Å²) in [5, 5.41) is 0. The van der Waals surface area contributed by atoms with Crippen LogP contribution >= 0.6 is 11.8 Å². The number of halogens is 1. The van der Waals surface area contributed by atoms with Crippen molar-refractivity contribution in [3.05, 3.63) is 34.9 Å². The van der Waals surface area contributed by atoms with Crippen LogP contribution in [0.15, 0.2) is 18.2 Å². The van der Waals surface area contributed by atoms with E-state index in [9.17, 15) is 4.79 Å². The number of carbonyl (C=O) groups excluding carboxylic acids is 1. The molecule has 0 radical (unpaired) electrons. The fraction of sp³-hybridized carbons (Fsp3) is 0.364. The first-order valence-corrected chi connectivity index (χ1v) is 5.16. The highest BCUT2D eigenvalue weighted by Crippen LogP contribution is 2.24. The van der Waals surface area contributed by atoms with Crippen molar-refractivity contribution in [3.8, 4) is 0 Å². The first-order valence-electron chi connectivity index (χ1n) is 4.82. The topological polar surface area (TPSA) is 29.5 Å². The highest BCUT2D eigenvalue weighted by atomic mass is 35.5. The summed E-state index contributed by atoms with van der Waals surface area (Å²) in [6.45, 7) is 1.42. The van der Waals surface area contributed by atoms with Crippen LogP contribution in [0.25, 0.3) is 0 Å². The molecule has 0 amide bonds. The van der Waals surface area contributed by atoms with Crippen LogP contribution in [0, 0.1) is 0 Å². The zero-order valence-electron chi connectivity index (χ0n) is 8.50. The zero-order chi connectivity index (χ0) is 10.8. The molecule has 0 N–H and O–H groups in total. The number of ether oxygens (including phenoxy) is 1. The lowest BCUT2D eigenvalue weighted by atomic mass is 9.96. The fourth-order valence-corrected chi connectivity index (χ4v) is 2.05. The molecule has 0 spiro atoms. The van der Waals surface area contributed by atoms with Crippen molar-refractivity contribution in [2.24, 2.45) is 0 Å². The third-order valence-electron chi connectivity index (χ3n) is 2.63. The first-order chi connectivity index (χ1) is 7.22. The minimum atomic E-state index is -0.293. The summed E-state index contributed by atoms with van der Waals surface area (Å²) in [4.78, 5) is 11.5.